The first kappa shape index (κ1) is 15.7. The molecule has 1 heterocycles. The van der Waals surface area contributed by atoms with Crippen LogP contribution in [0.25, 0.3) is 0 Å². The topological polar surface area (TPSA) is 76.4 Å². The van der Waals surface area contributed by atoms with E-state index in [1.165, 1.54) is 12.1 Å². The SMILES string of the molecule is CC(C)Nc1ccc(F)cc1NC(=O)[C@@H]1CC[C@H](CN)O1. The van der Waals surface area contributed by atoms with Crippen molar-refractivity contribution < 1.29 is 13.9 Å². The van der Waals surface area contributed by atoms with Crippen LogP contribution in [0.5, 0.6) is 0 Å². The summed E-state index contributed by atoms with van der Waals surface area (Å²) < 4.78 is 18.9. The molecule has 1 aliphatic rings. The van der Waals surface area contributed by atoms with Gasteiger partial charge in [0.1, 0.15) is 11.9 Å². The molecule has 0 saturated carbocycles. The van der Waals surface area contributed by atoms with Crippen LogP contribution < -0.4 is 16.4 Å². The maximum atomic E-state index is 13.4. The number of amides is 1. The number of benzene rings is 1. The Labute approximate surface area is 124 Å². The summed E-state index contributed by atoms with van der Waals surface area (Å²) >= 11 is 0. The number of anilines is 2. The smallest absolute Gasteiger partial charge is 0.253 e. The number of halogens is 1. The lowest BCUT2D eigenvalue weighted by Crippen LogP contribution is -2.30. The molecule has 116 valence electrons. The van der Waals surface area contributed by atoms with E-state index in [9.17, 15) is 9.18 Å². The summed E-state index contributed by atoms with van der Waals surface area (Å²) in [6.07, 6.45) is 0.820. The van der Waals surface area contributed by atoms with Crippen LogP contribution >= 0.6 is 0 Å². The molecule has 1 amide bonds. The van der Waals surface area contributed by atoms with Crippen molar-refractivity contribution in [3.05, 3.63) is 24.0 Å². The first-order valence-electron chi connectivity index (χ1n) is 7.22. The van der Waals surface area contributed by atoms with Gasteiger partial charge in [-0.3, -0.25) is 4.79 Å². The molecule has 5 nitrogen and oxygen atoms in total. The first-order valence-corrected chi connectivity index (χ1v) is 7.22. The zero-order valence-electron chi connectivity index (χ0n) is 12.4. The first-order chi connectivity index (χ1) is 9.99. The molecule has 4 N–H and O–H groups in total. The second kappa shape index (κ2) is 6.87. The summed E-state index contributed by atoms with van der Waals surface area (Å²) in [4.78, 5) is 12.2. The number of carbonyl (C=O) groups is 1. The van der Waals surface area contributed by atoms with Gasteiger partial charge in [-0.15, -0.1) is 0 Å². The lowest BCUT2D eigenvalue weighted by atomic mass is 10.1. The number of ether oxygens (including phenoxy) is 1. The van der Waals surface area contributed by atoms with Gasteiger partial charge in [-0.2, -0.15) is 0 Å². The third-order valence-corrected chi connectivity index (χ3v) is 3.35. The van der Waals surface area contributed by atoms with Crippen LogP contribution in [0.4, 0.5) is 15.8 Å². The van der Waals surface area contributed by atoms with Gasteiger partial charge in [-0.05, 0) is 44.9 Å². The number of hydrogen-bond donors (Lipinski definition) is 3. The van der Waals surface area contributed by atoms with Gasteiger partial charge in [0.25, 0.3) is 5.91 Å². The van der Waals surface area contributed by atoms with E-state index in [0.29, 0.717) is 24.3 Å². The Morgan fingerprint density at radius 2 is 2.19 bits per heavy atom. The molecular weight excluding hydrogens is 273 g/mol. The summed E-state index contributed by atoms with van der Waals surface area (Å²) in [7, 11) is 0. The fourth-order valence-corrected chi connectivity index (χ4v) is 2.34. The van der Waals surface area contributed by atoms with E-state index in [0.717, 1.165) is 6.42 Å². The highest BCUT2D eigenvalue weighted by molar-refractivity contribution is 5.97. The van der Waals surface area contributed by atoms with Crippen molar-refractivity contribution in [2.75, 3.05) is 17.2 Å². The molecule has 2 atom stereocenters. The predicted octanol–water partition coefficient (Wildman–Crippen LogP) is 2.09. The Kier molecular flexibility index (Phi) is 5.14. The van der Waals surface area contributed by atoms with E-state index in [1.807, 2.05) is 13.8 Å². The average Bonchev–Trinajstić information content (AvgIpc) is 2.90. The molecule has 1 aromatic carbocycles. The maximum Gasteiger partial charge on any atom is 0.253 e. The molecule has 0 aromatic heterocycles. The van der Waals surface area contributed by atoms with Crippen LogP contribution in [-0.4, -0.2) is 30.7 Å². The minimum atomic E-state index is -0.520. The number of carbonyl (C=O) groups excluding carboxylic acids is 1. The standard InChI is InChI=1S/C15H22FN3O2/c1-9(2)18-12-5-3-10(16)7-13(12)19-15(20)14-6-4-11(8-17)21-14/h3,5,7,9,11,14,18H,4,6,8,17H2,1-2H3,(H,19,20)/t11-,14+/m1/s1. The molecule has 0 radical (unpaired) electrons. The van der Waals surface area contributed by atoms with Crippen molar-refractivity contribution in [1.29, 1.82) is 0 Å². The second-order valence-corrected chi connectivity index (χ2v) is 5.54. The zero-order chi connectivity index (χ0) is 15.4. The minimum Gasteiger partial charge on any atom is -0.381 e. The van der Waals surface area contributed by atoms with E-state index in [4.69, 9.17) is 10.5 Å². The monoisotopic (exact) mass is 295 g/mol. The highest BCUT2D eigenvalue weighted by Gasteiger charge is 2.30. The predicted molar refractivity (Wildman–Crippen MR) is 80.7 cm³/mol. The Morgan fingerprint density at radius 1 is 1.43 bits per heavy atom. The highest BCUT2D eigenvalue weighted by atomic mass is 19.1. The van der Waals surface area contributed by atoms with Gasteiger partial charge in [-0.1, -0.05) is 0 Å². The average molecular weight is 295 g/mol. The third kappa shape index (κ3) is 4.15. The molecule has 6 heteroatoms. The lowest BCUT2D eigenvalue weighted by Gasteiger charge is -2.17. The minimum absolute atomic E-state index is 0.0680. The number of hydrogen-bond acceptors (Lipinski definition) is 4. The van der Waals surface area contributed by atoms with Gasteiger partial charge in [0.05, 0.1) is 17.5 Å². The van der Waals surface area contributed by atoms with E-state index >= 15 is 0 Å². The second-order valence-electron chi connectivity index (χ2n) is 5.54. The summed E-state index contributed by atoms with van der Waals surface area (Å²) in [5, 5.41) is 5.91. The van der Waals surface area contributed by atoms with Crippen LogP contribution in [-0.2, 0) is 9.53 Å². The molecule has 2 rings (SSSR count). The van der Waals surface area contributed by atoms with Gasteiger partial charge in [0.15, 0.2) is 0 Å². The molecule has 1 aliphatic heterocycles. The quantitative estimate of drug-likeness (QED) is 0.777. The molecule has 1 saturated heterocycles. The molecule has 1 fully saturated rings. The van der Waals surface area contributed by atoms with Crippen molar-refractivity contribution in [3.63, 3.8) is 0 Å². The van der Waals surface area contributed by atoms with Gasteiger partial charge >= 0.3 is 0 Å². The van der Waals surface area contributed by atoms with E-state index < -0.39 is 11.9 Å². The molecule has 0 bridgehead atoms. The fraction of sp³-hybridized carbons (Fsp3) is 0.533. The van der Waals surface area contributed by atoms with Gasteiger partial charge < -0.3 is 21.1 Å². The fourth-order valence-electron chi connectivity index (χ4n) is 2.34. The number of rotatable bonds is 5. The van der Waals surface area contributed by atoms with Gasteiger partial charge in [-0.25, -0.2) is 4.39 Å². The normalized spacial score (nSPS) is 21.6. The lowest BCUT2D eigenvalue weighted by molar-refractivity contribution is -0.126. The highest BCUT2D eigenvalue weighted by Crippen LogP contribution is 2.26. The molecule has 0 unspecified atom stereocenters. The Hall–Kier alpha value is -1.66. The summed E-state index contributed by atoms with van der Waals surface area (Å²) in [5.74, 6) is -0.657. The summed E-state index contributed by atoms with van der Waals surface area (Å²) in [6.45, 7) is 4.35. The van der Waals surface area contributed by atoms with Crippen LogP contribution in [0, 0.1) is 5.82 Å². The van der Waals surface area contributed by atoms with Crippen molar-refractivity contribution in [3.8, 4) is 0 Å². The van der Waals surface area contributed by atoms with Gasteiger partial charge in [0, 0.05) is 12.6 Å². The molecular formula is C15H22FN3O2. The van der Waals surface area contributed by atoms with E-state index in [1.54, 1.807) is 6.07 Å². The van der Waals surface area contributed by atoms with Crippen molar-refractivity contribution in [1.82, 2.24) is 0 Å². The Balaban J connectivity index is 2.07. The van der Waals surface area contributed by atoms with E-state index in [-0.39, 0.29) is 18.1 Å². The summed E-state index contributed by atoms with van der Waals surface area (Å²) in [6, 6.07) is 4.45. The van der Waals surface area contributed by atoms with E-state index in [2.05, 4.69) is 10.6 Å². The zero-order valence-corrected chi connectivity index (χ0v) is 12.4. The maximum absolute atomic E-state index is 13.4. The molecule has 21 heavy (non-hydrogen) atoms. The van der Waals surface area contributed by atoms with Crippen LogP contribution in [0.1, 0.15) is 26.7 Å². The third-order valence-electron chi connectivity index (χ3n) is 3.35. The Morgan fingerprint density at radius 3 is 2.81 bits per heavy atom. The van der Waals surface area contributed by atoms with Crippen molar-refractivity contribution in [2.24, 2.45) is 5.73 Å². The summed E-state index contributed by atoms with van der Waals surface area (Å²) in [5.41, 5.74) is 6.64. The van der Waals surface area contributed by atoms with Crippen LogP contribution in [0.15, 0.2) is 18.2 Å². The number of nitrogens with one attached hydrogen (secondary N) is 2. The molecule has 0 aliphatic carbocycles. The van der Waals surface area contributed by atoms with Gasteiger partial charge in [0.2, 0.25) is 0 Å². The Bertz CT molecular complexity index is 508. The largest absolute Gasteiger partial charge is 0.381 e. The number of nitrogens with two attached hydrogens (primary N) is 1. The van der Waals surface area contributed by atoms with Crippen LogP contribution in [0.3, 0.4) is 0 Å². The van der Waals surface area contributed by atoms with Crippen LogP contribution in [0.2, 0.25) is 0 Å². The molecule has 1 aromatic rings. The van der Waals surface area contributed by atoms with Crippen molar-refractivity contribution in [2.45, 2.75) is 44.9 Å². The van der Waals surface area contributed by atoms with Crippen molar-refractivity contribution >= 4 is 17.3 Å². The molecule has 0 spiro atoms.